The highest BCUT2D eigenvalue weighted by Crippen LogP contribution is 2.31. The van der Waals surface area contributed by atoms with Gasteiger partial charge in [0.25, 0.3) is 5.91 Å². The SMILES string of the molecule is CN1C(=O)CCOc2ccc(C(=O)NCc3ccc(Cl)cc3)cc21. The molecular weight excluding hydrogens is 328 g/mol. The van der Waals surface area contributed by atoms with Gasteiger partial charge in [-0.1, -0.05) is 23.7 Å². The van der Waals surface area contributed by atoms with E-state index in [1.54, 1.807) is 37.4 Å². The van der Waals surface area contributed by atoms with Gasteiger partial charge in [0.15, 0.2) is 0 Å². The summed E-state index contributed by atoms with van der Waals surface area (Å²) >= 11 is 5.85. The van der Waals surface area contributed by atoms with Crippen molar-refractivity contribution in [3.8, 4) is 5.75 Å². The van der Waals surface area contributed by atoms with E-state index in [4.69, 9.17) is 16.3 Å². The van der Waals surface area contributed by atoms with Gasteiger partial charge >= 0.3 is 0 Å². The Hall–Kier alpha value is -2.53. The molecule has 1 aliphatic heterocycles. The second-order valence-corrected chi connectivity index (χ2v) is 5.98. The average molecular weight is 345 g/mol. The summed E-state index contributed by atoms with van der Waals surface area (Å²) < 4.78 is 5.56. The van der Waals surface area contributed by atoms with Gasteiger partial charge in [-0.15, -0.1) is 0 Å². The Morgan fingerprint density at radius 2 is 2.00 bits per heavy atom. The first-order chi connectivity index (χ1) is 11.5. The van der Waals surface area contributed by atoms with Crippen molar-refractivity contribution in [2.45, 2.75) is 13.0 Å². The molecule has 0 aliphatic carbocycles. The minimum atomic E-state index is -0.210. The number of carbonyl (C=O) groups excluding carboxylic acids is 2. The van der Waals surface area contributed by atoms with E-state index < -0.39 is 0 Å². The molecule has 124 valence electrons. The Balaban J connectivity index is 1.74. The van der Waals surface area contributed by atoms with E-state index >= 15 is 0 Å². The molecule has 0 aromatic heterocycles. The lowest BCUT2D eigenvalue weighted by molar-refractivity contribution is -0.118. The molecule has 0 bridgehead atoms. The molecule has 2 aromatic rings. The third-order valence-electron chi connectivity index (χ3n) is 3.90. The Bertz CT molecular complexity index is 774. The summed E-state index contributed by atoms with van der Waals surface area (Å²) in [4.78, 5) is 25.8. The van der Waals surface area contributed by atoms with Gasteiger partial charge in [-0.2, -0.15) is 0 Å². The van der Waals surface area contributed by atoms with Crippen LogP contribution in [0.15, 0.2) is 42.5 Å². The van der Waals surface area contributed by atoms with Gasteiger partial charge in [0.2, 0.25) is 5.91 Å². The number of rotatable bonds is 3. The van der Waals surface area contributed by atoms with E-state index in [0.29, 0.717) is 41.6 Å². The average Bonchev–Trinajstić information content (AvgIpc) is 2.73. The number of hydrogen-bond acceptors (Lipinski definition) is 3. The Morgan fingerprint density at radius 3 is 2.75 bits per heavy atom. The first-order valence-corrected chi connectivity index (χ1v) is 7.98. The van der Waals surface area contributed by atoms with Crippen molar-refractivity contribution in [1.29, 1.82) is 0 Å². The molecule has 0 spiro atoms. The number of nitrogens with one attached hydrogen (secondary N) is 1. The normalized spacial score (nSPS) is 13.8. The number of anilines is 1. The third kappa shape index (κ3) is 3.51. The van der Waals surface area contributed by atoms with Gasteiger partial charge in [0.1, 0.15) is 5.75 Å². The van der Waals surface area contributed by atoms with Gasteiger partial charge in [-0.3, -0.25) is 9.59 Å². The minimum absolute atomic E-state index is 0.0347. The lowest BCUT2D eigenvalue weighted by atomic mass is 10.1. The van der Waals surface area contributed by atoms with Crippen LogP contribution in [0.25, 0.3) is 0 Å². The maximum atomic E-state index is 12.4. The van der Waals surface area contributed by atoms with Crippen LogP contribution in [-0.4, -0.2) is 25.5 Å². The molecule has 2 amide bonds. The fourth-order valence-corrected chi connectivity index (χ4v) is 2.61. The molecule has 24 heavy (non-hydrogen) atoms. The monoisotopic (exact) mass is 344 g/mol. The molecule has 0 unspecified atom stereocenters. The highest BCUT2D eigenvalue weighted by molar-refractivity contribution is 6.30. The van der Waals surface area contributed by atoms with Gasteiger partial charge < -0.3 is 15.0 Å². The quantitative estimate of drug-likeness (QED) is 0.931. The lowest BCUT2D eigenvalue weighted by Crippen LogP contribution is -2.26. The smallest absolute Gasteiger partial charge is 0.251 e. The molecule has 1 N–H and O–H groups in total. The highest BCUT2D eigenvalue weighted by atomic mass is 35.5. The summed E-state index contributed by atoms with van der Waals surface area (Å²) in [6.07, 6.45) is 0.323. The summed E-state index contributed by atoms with van der Waals surface area (Å²) in [5, 5.41) is 3.51. The van der Waals surface area contributed by atoms with Gasteiger partial charge in [0.05, 0.1) is 18.7 Å². The Kier molecular flexibility index (Phi) is 4.71. The molecule has 0 saturated carbocycles. The number of hydrogen-bond donors (Lipinski definition) is 1. The van der Waals surface area contributed by atoms with E-state index in [-0.39, 0.29) is 11.8 Å². The zero-order valence-electron chi connectivity index (χ0n) is 13.2. The number of benzene rings is 2. The van der Waals surface area contributed by atoms with Crippen molar-refractivity contribution in [3.05, 3.63) is 58.6 Å². The van der Waals surface area contributed by atoms with Crippen LogP contribution in [0.5, 0.6) is 5.75 Å². The van der Waals surface area contributed by atoms with E-state index in [1.807, 2.05) is 12.1 Å². The van der Waals surface area contributed by atoms with E-state index in [0.717, 1.165) is 5.56 Å². The Morgan fingerprint density at radius 1 is 1.25 bits per heavy atom. The molecule has 5 nitrogen and oxygen atoms in total. The zero-order valence-corrected chi connectivity index (χ0v) is 14.0. The molecule has 0 atom stereocenters. The lowest BCUT2D eigenvalue weighted by Gasteiger charge is -2.17. The van der Waals surface area contributed by atoms with Crippen molar-refractivity contribution in [2.75, 3.05) is 18.6 Å². The van der Waals surface area contributed by atoms with E-state index in [9.17, 15) is 9.59 Å². The first-order valence-electron chi connectivity index (χ1n) is 7.60. The standard InChI is InChI=1S/C18H17ClN2O3/c1-21-15-10-13(4-7-16(15)24-9-8-17(21)22)18(23)20-11-12-2-5-14(19)6-3-12/h2-7,10H,8-9,11H2,1H3,(H,20,23). The summed E-state index contributed by atoms with van der Waals surface area (Å²) in [7, 11) is 1.69. The predicted molar refractivity (Wildman–Crippen MR) is 92.6 cm³/mol. The summed E-state index contributed by atoms with van der Waals surface area (Å²) in [6, 6.07) is 12.4. The number of ether oxygens (including phenoxy) is 1. The van der Waals surface area contributed by atoms with E-state index in [2.05, 4.69) is 5.32 Å². The molecule has 0 radical (unpaired) electrons. The number of amides is 2. The molecule has 0 saturated heterocycles. The van der Waals surface area contributed by atoms with Gasteiger partial charge in [-0.05, 0) is 35.9 Å². The van der Waals surface area contributed by atoms with Crippen molar-refractivity contribution in [2.24, 2.45) is 0 Å². The third-order valence-corrected chi connectivity index (χ3v) is 4.15. The van der Waals surface area contributed by atoms with Crippen LogP contribution in [0, 0.1) is 0 Å². The van der Waals surface area contributed by atoms with Crippen LogP contribution < -0.4 is 15.0 Å². The second-order valence-electron chi connectivity index (χ2n) is 5.54. The molecule has 3 rings (SSSR count). The van der Waals surface area contributed by atoms with Crippen LogP contribution in [0.3, 0.4) is 0 Å². The molecule has 1 heterocycles. The molecule has 0 fully saturated rings. The molecule has 2 aromatic carbocycles. The number of carbonyl (C=O) groups is 2. The highest BCUT2D eigenvalue weighted by Gasteiger charge is 2.21. The maximum Gasteiger partial charge on any atom is 0.251 e. The first kappa shape index (κ1) is 16.3. The Labute approximate surface area is 145 Å². The molecule has 1 aliphatic rings. The summed E-state index contributed by atoms with van der Waals surface area (Å²) in [5.74, 6) is 0.364. The van der Waals surface area contributed by atoms with Crippen LogP contribution in [0.1, 0.15) is 22.3 Å². The van der Waals surface area contributed by atoms with Gasteiger partial charge in [0, 0.05) is 24.2 Å². The van der Waals surface area contributed by atoms with E-state index in [1.165, 1.54) is 4.90 Å². The van der Waals surface area contributed by atoms with Crippen molar-refractivity contribution >= 4 is 29.1 Å². The predicted octanol–water partition coefficient (Wildman–Crippen LogP) is 3.02. The van der Waals surface area contributed by atoms with Crippen LogP contribution in [-0.2, 0) is 11.3 Å². The second kappa shape index (κ2) is 6.93. The van der Waals surface area contributed by atoms with Crippen LogP contribution in [0.2, 0.25) is 5.02 Å². The summed E-state index contributed by atoms with van der Waals surface area (Å²) in [6.45, 7) is 0.747. The van der Waals surface area contributed by atoms with Crippen molar-refractivity contribution < 1.29 is 14.3 Å². The van der Waals surface area contributed by atoms with Crippen LogP contribution >= 0.6 is 11.6 Å². The zero-order chi connectivity index (χ0) is 17.1. The summed E-state index contributed by atoms with van der Waals surface area (Å²) in [5.41, 5.74) is 2.04. The number of halogens is 1. The fraction of sp³-hybridized carbons (Fsp3) is 0.222. The molecular formula is C18H17ClN2O3. The van der Waals surface area contributed by atoms with Gasteiger partial charge in [-0.25, -0.2) is 0 Å². The fourth-order valence-electron chi connectivity index (χ4n) is 2.48. The topological polar surface area (TPSA) is 58.6 Å². The number of fused-ring (bicyclic) bond motifs is 1. The minimum Gasteiger partial charge on any atom is -0.491 e. The number of nitrogens with zero attached hydrogens (tertiary/aromatic N) is 1. The van der Waals surface area contributed by atoms with Crippen LogP contribution in [0.4, 0.5) is 5.69 Å². The molecule has 6 heteroatoms. The maximum absolute atomic E-state index is 12.4. The van der Waals surface area contributed by atoms with Crippen molar-refractivity contribution in [1.82, 2.24) is 5.32 Å². The van der Waals surface area contributed by atoms with Crippen molar-refractivity contribution in [3.63, 3.8) is 0 Å². The largest absolute Gasteiger partial charge is 0.491 e.